The third-order valence-corrected chi connectivity index (χ3v) is 4.94. The lowest BCUT2D eigenvalue weighted by Crippen LogP contribution is -2.39. The summed E-state index contributed by atoms with van der Waals surface area (Å²) in [5, 5.41) is 0. The van der Waals surface area contributed by atoms with E-state index in [0.29, 0.717) is 12.8 Å². The van der Waals surface area contributed by atoms with Gasteiger partial charge in [0.05, 0.1) is 0 Å². The molecule has 0 N–H and O–H groups in total. The highest BCUT2D eigenvalue weighted by Gasteiger charge is 2.55. The third kappa shape index (κ3) is 2.10. The van der Waals surface area contributed by atoms with Crippen molar-refractivity contribution in [1.82, 2.24) is 0 Å². The molecule has 106 valence electrons. The van der Waals surface area contributed by atoms with Crippen molar-refractivity contribution in [2.24, 2.45) is 0 Å². The lowest BCUT2D eigenvalue weighted by Gasteiger charge is -2.29. The minimum Gasteiger partial charge on any atom is -0.450 e. The second-order valence-corrected chi connectivity index (χ2v) is 6.69. The van der Waals surface area contributed by atoms with Crippen LogP contribution in [-0.2, 0) is 14.3 Å². The SMILES string of the molecule is Cc1cc(Br)ccc1C1C(=O)OC2(CCCCC2)C1=O. The van der Waals surface area contributed by atoms with Gasteiger partial charge in [-0.15, -0.1) is 0 Å². The van der Waals surface area contributed by atoms with Crippen molar-refractivity contribution in [3.8, 4) is 0 Å². The number of ketones is 1. The Kier molecular flexibility index (Phi) is 3.44. The van der Waals surface area contributed by atoms with Gasteiger partial charge in [0.2, 0.25) is 0 Å². The van der Waals surface area contributed by atoms with Gasteiger partial charge in [-0.3, -0.25) is 9.59 Å². The van der Waals surface area contributed by atoms with Crippen molar-refractivity contribution in [2.75, 3.05) is 0 Å². The molecule has 1 aromatic carbocycles. The van der Waals surface area contributed by atoms with Gasteiger partial charge in [0, 0.05) is 4.47 Å². The molecule has 1 aromatic rings. The standard InChI is InChI=1S/C16H17BrO3/c1-10-9-11(17)5-6-12(10)13-14(18)16(20-15(13)19)7-3-2-4-8-16/h5-6,9,13H,2-4,7-8H2,1H3. The van der Waals surface area contributed by atoms with E-state index in [2.05, 4.69) is 15.9 Å². The number of esters is 1. The predicted octanol–water partition coefficient (Wildman–Crippen LogP) is 3.67. The molecule has 0 amide bonds. The van der Waals surface area contributed by atoms with Crippen molar-refractivity contribution in [1.29, 1.82) is 0 Å². The Balaban J connectivity index is 1.98. The van der Waals surface area contributed by atoms with Gasteiger partial charge in [-0.2, -0.15) is 0 Å². The number of aryl methyl sites for hydroxylation is 1. The fourth-order valence-electron chi connectivity index (χ4n) is 3.37. The van der Waals surface area contributed by atoms with Crippen LogP contribution in [0.3, 0.4) is 0 Å². The van der Waals surface area contributed by atoms with Gasteiger partial charge < -0.3 is 4.74 Å². The van der Waals surface area contributed by atoms with Crippen molar-refractivity contribution >= 4 is 27.7 Å². The molecule has 1 unspecified atom stereocenters. The number of Topliss-reactive ketones (excluding diaryl/α,β-unsaturated/α-hetero) is 1. The number of benzene rings is 1. The second-order valence-electron chi connectivity index (χ2n) is 5.77. The molecule has 2 aliphatic rings. The average Bonchev–Trinajstić information content (AvgIpc) is 2.63. The van der Waals surface area contributed by atoms with Gasteiger partial charge in [-0.1, -0.05) is 28.4 Å². The van der Waals surface area contributed by atoms with Crippen molar-refractivity contribution < 1.29 is 14.3 Å². The van der Waals surface area contributed by atoms with E-state index in [1.165, 1.54) is 0 Å². The zero-order chi connectivity index (χ0) is 14.3. The molecule has 1 saturated heterocycles. The van der Waals surface area contributed by atoms with E-state index in [9.17, 15) is 9.59 Å². The molecule has 1 heterocycles. The van der Waals surface area contributed by atoms with Gasteiger partial charge in [0.1, 0.15) is 5.92 Å². The quantitative estimate of drug-likeness (QED) is 0.580. The van der Waals surface area contributed by atoms with Crippen LogP contribution in [0.1, 0.15) is 49.1 Å². The molecule has 1 saturated carbocycles. The lowest BCUT2D eigenvalue weighted by molar-refractivity contribution is -0.154. The summed E-state index contributed by atoms with van der Waals surface area (Å²) in [6.45, 7) is 1.92. The molecular formula is C16H17BrO3. The highest BCUT2D eigenvalue weighted by Crippen LogP contribution is 2.43. The Morgan fingerprint density at radius 1 is 1.20 bits per heavy atom. The molecular weight excluding hydrogens is 320 g/mol. The number of hydrogen-bond acceptors (Lipinski definition) is 3. The van der Waals surface area contributed by atoms with E-state index in [4.69, 9.17) is 4.74 Å². The molecule has 0 aromatic heterocycles. The zero-order valence-corrected chi connectivity index (χ0v) is 13.0. The fourth-order valence-corrected chi connectivity index (χ4v) is 3.85. The third-order valence-electron chi connectivity index (χ3n) is 4.45. The van der Waals surface area contributed by atoms with Gasteiger partial charge in [0.25, 0.3) is 0 Å². The van der Waals surface area contributed by atoms with E-state index >= 15 is 0 Å². The Morgan fingerprint density at radius 3 is 2.55 bits per heavy atom. The fraction of sp³-hybridized carbons (Fsp3) is 0.500. The summed E-state index contributed by atoms with van der Waals surface area (Å²) >= 11 is 3.40. The first kappa shape index (κ1) is 13.8. The summed E-state index contributed by atoms with van der Waals surface area (Å²) in [6.07, 6.45) is 4.41. The summed E-state index contributed by atoms with van der Waals surface area (Å²) in [5.74, 6) is -1.14. The van der Waals surface area contributed by atoms with Gasteiger partial charge in [-0.25, -0.2) is 0 Å². The van der Waals surface area contributed by atoms with Gasteiger partial charge in [0.15, 0.2) is 11.4 Å². The minimum atomic E-state index is -0.834. The summed E-state index contributed by atoms with van der Waals surface area (Å²) in [6, 6.07) is 5.65. The molecule has 1 aliphatic carbocycles. The lowest BCUT2D eigenvalue weighted by atomic mass is 9.77. The first-order valence-electron chi connectivity index (χ1n) is 7.07. The normalized spacial score (nSPS) is 25.0. The van der Waals surface area contributed by atoms with Gasteiger partial charge in [-0.05, 0) is 55.9 Å². The molecule has 0 bridgehead atoms. The van der Waals surface area contributed by atoms with E-state index in [1.54, 1.807) is 0 Å². The summed E-state index contributed by atoms with van der Waals surface area (Å²) in [7, 11) is 0. The number of rotatable bonds is 1. The number of hydrogen-bond donors (Lipinski definition) is 0. The van der Waals surface area contributed by atoms with Crippen molar-refractivity contribution in [2.45, 2.75) is 50.5 Å². The van der Waals surface area contributed by atoms with Crippen LogP contribution in [0.25, 0.3) is 0 Å². The zero-order valence-electron chi connectivity index (χ0n) is 11.4. The molecule has 1 spiro atoms. The van der Waals surface area contributed by atoms with Crippen LogP contribution in [0.4, 0.5) is 0 Å². The minimum absolute atomic E-state index is 0.0346. The molecule has 0 radical (unpaired) electrons. The molecule has 1 atom stereocenters. The molecule has 1 aliphatic heterocycles. The molecule has 2 fully saturated rings. The number of carbonyl (C=O) groups excluding carboxylic acids is 2. The van der Waals surface area contributed by atoms with E-state index in [-0.39, 0.29) is 11.8 Å². The maximum absolute atomic E-state index is 12.8. The van der Waals surface area contributed by atoms with Crippen molar-refractivity contribution in [3.05, 3.63) is 33.8 Å². The van der Waals surface area contributed by atoms with Crippen LogP contribution in [0.2, 0.25) is 0 Å². The second kappa shape index (κ2) is 4.99. The van der Waals surface area contributed by atoms with Crippen LogP contribution in [0, 0.1) is 6.92 Å². The number of carbonyl (C=O) groups is 2. The molecule has 20 heavy (non-hydrogen) atoms. The molecule has 3 rings (SSSR count). The molecule has 3 nitrogen and oxygen atoms in total. The van der Waals surface area contributed by atoms with E-state index in [1.807, 2.05) is 25.1 Å². The number of ether oxygens (including phenoxy) is 1. The first-order chi connectivity index (χ1) is 9.53. The van der Waals surface area contributed by atoms with E-state index < -0.39 is 11.5 Å². The Morgan fingerprint density at radius 2 is 1.90 bits per heavy atom. The Bertz CT molecular complexity index is 573. The largest absolute Gasteiger partial charge is 0.450 e. The summed E-state index contributed by atoms with van der Waals surface area (Å²) < 4.78 is 6.50. The maximum atomic E-state index is 12.8. The number of halogens is 1. The molecule has 4 heteroatoms. The van der Waals surface area contributed by atoms with Crippen LogP contribution in [0.15, 0.2) is 22.7 Å². The van der Waals surface area contributed by atoms with Gasteiger partial charge >= 0.3 is 5.97 Å². The summed E-state index contributed by atoms with van der Waals surface area (Å²) in [5.41, 5.74) is 0.896. The Labute approximate surface area is 126 Å². The van der Waals surface area contributed by atoms with E-state index in [0.717, 1.165) is 34.9 Å². The Hall–Kier alpha value is -1.16. The van der Waals surface area contributed by atoms with Crippen molar-refractivity contribution in [3.63, 3.8) is 0 Å². The maximum Gasteiger partial charge on any atom is 0.322 e. The topological polar surface area (TPSA) is 43.4 Å². The van der Waals surface area contributed by atoms with Crippen LogP contribution in [-0.4, -0.2) is 17.4 Å². The highest BCUT2D eigenvalue weighted by atomic mass is 79.9. The average molecular weight is 337 g/mol. The smallest absolute Gasteiger partial charge is 0.322 e. The predicted molar refractivity (Wildman–Crippen MR) is 78.5 cm³/mol. The highest BCUT2D eigenvalue weighted by molar-refractivity contribution is 9.10. The summed E-state index contributed by atoms with van der Waals surface area (Å²) in [4.78, 5) is 25.0. The van der Waals surface area contributed by atoms with Crippen LogP contribution < -0.4 is 0 Å². The van der Waals surface area contributed by atoms with Crippen LogP contribution in [0.5, 0.6) is 0 Å². The first-order valence-corrected chi connectivity index (χ1v) is 7.86. The van der Waals surface area contributed by atoms with Crippen LogP contribution >= 0.6 is 15.9 Å². The monoisotopic (exact) mass is 336 g/mol.